The number of hydrogen-bond acceptors (Lipinski definition) is 2. The summed E-state index contributed by atoms with van der Waals surface area (Å²) < 4.78 is 47.9. The van der Waals surface area contributed by atoms with E-state index in [1.165, 1.54) is 6.20 Å². The average Bonchev–Trinajstić information content (AvgIpc) is 3.26. The number of aromatic nitrogens is 1. The molecule has 5 rings (SSSR count). The van der Waals surface area contributed by atoms with Gasteiger partial charge >= 0.3 is 0 Å². The lowest BCUT2D eigenvalue weighted by Crippen LogP contribution is -2.19. The van der Waals surface area contributed by atoms with Crippen molar-refractivity contribution in [2.45, 2.75) is 46.3 Å². The average molecular weight is 439 g/mol. The van der Waals surface area contributed by atoms with E-state index >= 15 is 0 Å². The SMILES string of the molecule is [2H]C([2H])([2H])c1cnc(-c2cc(C(C)(C)c3ccccc3)c3oc4ccccc4c3c2)cc1C([2H])([2H])C(C)C. The Bertz CT molecular complexity index is 1630. The van der Waals surface area contributed by atoms with Crippen molar-refractivity contribution >= 4 is 21.9 Å². The maximum atomic E-state index is 8.74. The molecule has 5 aromatic rings. The van der Waals surface area contributed by atoms with Crippen molar-refractivity contribution in [2.24, 2.45) is 5.92 Å². The number of benzene rings is 3. The normalized spacial score (nSPS) is 15.2. The number of furan rings is 1. The van der Waals surface area contributed by atoms with Crippen molar-refractivity contribution in [3.63, 3.8) is 0 Å². The quantitative estimate of drug-likeness (QED) is 0.275. The van der Waals surface area contributed by atoms with E-state index in [9.17, 15) is 0 Å². The van der Waals surface area contributed by atoms with Crippen LogP contribution < -0.4 is 0 Å². The summed E-state index contributed by atoms with van der Waals surface area (Å²) in [5.41, 5.74) is 4.66. The summed E-state index contributed by atoms with van der Waals surface area (Å²) in [6, 6.07) is 23.8. The van der Waals surface area contributed by atoms with Crippen LogP contribution in [0.25, 0.3) is 33.2 Å². The third kappa shape index (κ3) is 3.84. The number of rotatable bonds is 5. The Morgan fingerprint density at radius 1 is 0.970 bits per heavy atom. The molecule has 2 nitrogen and oxygen atoms in total. The van der Waals surface area contributed by atoms with Crippen molar-refractivity contribution in [3.8, 4) is 11.3 Å². The number of nitrogens with zero attached hydrogens (tertiary/aromatic N) is 1. The van der Waals surface area contributed by atoms with Gasteiger partial charge in [0, 0.05) is 40.4 Å². The minimum Gasteiger partial charge on any atom is -0.456 e. The van der Waals surface area contributed by atoms with Gasteiger partial charge in [0.15, 0.2) is 0 Å². The first kappa shape index (κ1) is 16.3. The van der Waals surface area contributed by atoms with Gasteiger partial charge in [0.25, 0.3) is 0 Å². The van der Waals surface area contributed by atoms with Crippen LogP contribution in [0.15, 0.2) is 83.4 Å². The summed E-state index contributed by atoms with van der Waals surface area (Å²) in [6.07, 6.45) is -0.530. The lowest BCUT2D eigenvalue weighted by Gasteiger charge is -2.27. The Labute approximate surface area is 203 Å². The van der Waals surface area contributed by atoms with Crippen molar-refractivity contribution in [2.75, 3.05) is 0 Å². The molecule has 0 aliphatic heterocycles. The van der Waals surface area contributed by atoms with Crippen LogP contribution in [-0.2, 0) is 11.8 Å². The number of para-hydroxylation sites is 1. The summed E-state index contributed by atoms with van der Waals surface area (Å²) in [6.45, 7) is 5.35. The molecule has 0 N–H and O–H groups in total. The van der Waals surface area contributed by atoms with Crippen molar-refractivity contribution < 1.29 is 11.3 Å². The Hall–Kier alpha value is -3.39. The topological polar surface area (TPSA) is 26.0 Å². The van der Waals surface area contributed by atoms with Gasteiger partial charge in [-0.3, -0.25) is 4.98 Å². The smallest absolute Gasteiger partial charge is 0.139 e. The first-order chi connectivity index (χ1) is 17.8. The fourth-order valence-electron chi connectivity index (χ4n) is 4.49. The maximum absolute atomic E-state index is 8.74. The molecule has 0 bridgehead atoms. The van der Waals surface area contributed by atoms with Gasteiger partial charge in [-0.1, -0.05) is 76.2 Å². The summed E-state index contributed by atoms with van der Waals surface area (Å²) in [4.78, 5) is 4.56. The molecule has 166 valence electrons. The fraction of sp³-hybridized carbons (Fsp3) is 0.258. The highest BCUT2D eigenvalue weighted by Crippen LogP contribution is 2.42. The van der Waals surface area contributed by atoms with Crippen molar-refractivity contribution in [3.05, 3.63) is 101 Å². The van der Waals surface area contributed by atoms with E-state index in [0.717, 1.165) is 38.6 Å². The number of pyridine rings is 1. The van der Waals surface area contributed by atoms with Gasteiger partial charge < -0.3 is 4.42 Å². The van der Waals surface area contributed by atoms with Gasteiger partial charge in [0.1, 0.15) is 11.2 Å². The maximum Gasteiger partial charge on any atom is 0.139 e. The molecule has 0 atom stereocenters. The van der Waals surface area contributed by atoms with Crippen LogP contribution in [0.5, 0.6) is 0 Å². The molecule has 0 radical (unpaired) electrons. The van der Waals surface area contributed by atoms with Gasteiger partial charge in [-0.2, -0.15) is 0 Å². The molecule has 0 spiro atoms. The molecule has 0 aliphatic carbocycles. The largest absolute Gasteiger partial charge is 0.456 e. The molecule has 0 saturated carbocycles. The fourth-order valence-corrected chi connectivity index (χ4v) is 4.49. The molecule has 0 saturated heterocycles. The van der Waals surface area contributed by atoms with E-state index in [1.807, 2.05) is 54.6 Å². The number of fused-ring (bicyclic) bond motifs is 3. The summed E-state index contributed by atoms with van der Waals surface area (Å²) in [5, 5.41) is 1.92. The number of aryl methyl sites for hydroxylation is 1. The standard InChI is InChI=1S/C31H31NO/c1-20(2)15-22-18-28(32-19-21(22)3)23-16-26-25-13-9-10-14-29(25)33-30(26)27(17-23)31(4,5)24-11-7-6-8-12-24/h6-14,16-20H,15H2,1-5H3/i3D3,15D2. The van der Waals surface area contributed by atoms with E-state index in [-0.39, 0.29) is 11.1 Å². The minimum absolute atomic E-state index is 0.0559. The Kier molecular flexibility index (Phi) is 4.03. The monoisotopic (exact) mass is 438 g/mol. The third-order valence-electron chi connectivity index (χ3n) is 6.29. The lowest BCUT2D eigenvalue weighted by atomic mass is 9.76. The van der Waals surface area contributed by atoms with Gasteiger partial charge in [0.2, 0.25) is 0 Å². The van der Waals surface area contributed by atoms with Crippen LogP contribution in [0.4, 0.5) is 0 Å². The summed E-state index contributed by atoms with van der Waals surface area (Å²) in [7, 11) is 0. The molecule has 2 heterocycles. The van der Waals surface area contributed by atoms with Crippen LogP contribution >= 0.6 is 0 Å². The second-order valence-corrected chi connectivity index (χ2v) is 9.40. The molecular weight excluding hydrogens is 402 g/mol. The van der Waals surface area contributed by atoms with Crippen molar-refractivity contribution in [1.82, 2.24) is 4.98 Å². The minimum atomic E-state index is -2.48. The second kappa shape index (κ2) is 8.19. The first-order valence-electron chi connectivity index (χ1n) is 13.8. The zero-order chi connectivity index (χ0) is 27.5. The highest BCUT2D eigenvalue weighted by atomic mass is 16.3. The molecule has 2 aromatic heterocycles. The summed E-state index contributed by atoms with van der Waals surface area (Å²) in [5.74, 6) is -0.424. The lowest BCUT2D eigenvalue weighted by molar-refractivity contribution is 0.608. The first-order valence-corrected chi connectivity index (χ1v) is 11.3. The summed E-state index contributed by atoms with van der Waals surface area (Å²) >= 11 is 0. The molecule has 0 unspecified atom stereocenters. The van der Waals surface area contributed by atoms with E-state index in [0.29, 0.717) is 5.69 Å². The zero-order valence-electron chi connectivity index (χ0n) is 24.4. The Morgan fingerprint density at radius 2 is 1.73 bits per heavy atom. The zero-order valence-corrected chi connectivity index (χ0v) is 19.4. The van der Waals surface area contributed by atoms with Crippen LogP contribution in [0.2, 0.25) is 0 Å². The van der Waals surface area contributed by atoms with Gasteiger partial charge in [0.05, 0.1) is 5.69 Å². The van der Waals surface area contributed by atoms with Crippen molar-refractivity contribution in [1.29, 1.82) is 0 Å². The third-order valence-corrected chi connectivity index (χ3v) is 6.29. The van der Waals surface area contributed by atoms with Crippen LogP contribution in [-0.4, -0.2) is 4.98 Å². The predicted octanol–water partition coefficient (Wildman–Crippen LogP) is 8.48. The highest BCUT2D eigenvalue weighted by molar-refractivity contribution is 6.07. The molecule has 3 aromatic carbocycles. The van der Waals surface area contributed by atoms with Crippen LogP contribution in [0.1, 0.15) is 56.8 Å². The van der Waals surface area contributed by atoms with E-state index in [1.54, 1.807) is 19.9 Å². The van der Waals surface area contributed by atoms with Gasteiger partial charge in [-0.05, 0) is 60.1 Å². The molecule has 0 amide bonds. The van der Waals surface area contributed by atoms with E-state index in [4.69, 9.17) is 11.3 Å². The molecular formula is C31H31NO. The second-order valence-electron chi connectivity index (χ2n) is 9.40. The molecule has 33 heavy (non-hydrogen) atoms. The van der Waals surface area contributed by atoms with Gasteiger partial charge in [-0.25, -0.2) is 0 Å². The van der Waals surface area contributed by atoms with Crippen LogP contribution in [0.3, 0.4) is 0 Å². The van der Waals surface area contributed by atoms with E-state index < -0.39 is 24.6 Å². The molecule has 0 fully saturated rings. The van der Waals surface area contributed by atoms with Crippen LogP contribution in [0, 0.1) is 12.8 Å². The predicted molar refractivity (Wildman–Crippen MR) is 139 cm³/mol. The molecule has 2 heteroatoms. The van der Waals surface area contributed by atoms with E-state index in [2.05, 4.69) is 31.0 Å². The Morgan fingerprint density at radius 3 is 2.48 bits per heavy atom. The Balaban J connectivity index is 1.82. The van der Waals surface area contributed by atoms with Gasteiger partial charge in [-0.15, -0.1) is 0 Å². The molecule has 0 aliphatic rings. The number of hydrogen-bond donors (Lipinski definition) is 0. The highest BCUT2D eigenvalue weighted by Gasteiger charge is 2.28.